The molecule has 1 saturated heterocycles. The fourth-order valence-corrected chi connectivity index (χ4v) is 2.15. The molecule has 1 aromatic rings. The second-order valence-corrected chi connectivity index (χ2v) is 4.52. The van der Waals surface area contributed by atoms with Crippen molar-refractivity contribution in [2.24, 2.45) is 5.41 Å². The summed E-state index contributed by atoms with van der Waals surface area (Å²) in [6.07, 6.45) is -3.82. The number of aryl methyl sites for hydroxylation is 1. The summed E-state index contributed by atoms with van der Waals surface area (Å²) in [6.45, 7) is 0.998. The standard InChI is InChI=1S/C11H12F3N3O2/c1-7-15-4-2-8(16-7)17-5-3-10(6-17,9(18)19)11(12,13)14/h2,4H,3,5-6H2,1H3,(H,18,19). The third-order valence-corrected chi connectivity index (χ3v) is 3.31. The van der Waals surface area contributed by atoms with Gasteiger partial charge in [-0.05, 0) is 19.4 Å². The Labute approximate surface area is 107 Å². The van der Waals surface area contributed by atoms with Crippen LogP contribution in [-0.2, 0) is 4.79 Å². The maximum atomic E-state index is 13.0. The van der Waals surface area contributed by atoms with E-state index in [0.717, 1.165) is 0 Å². The van der Waals surface area contributed by atoms with Crippen LogP contribution in [0.15, 0.2) is 12.3 Å². The number of halogens is 3. The molecule has 1 aromatic heterocycles. The first-order valence-electron chi connectivity index (χ1n) is 5.61. The number of rotatable bonds is 2. The lowest BCUT2D eigenvalue weighted by Gasteiger charge is -2.27. The zero-order valence-corrected chi connectivity index (χ0v) is 10.1. The molecule has 104 valence electrons. The van der Waals surface area contributed by atoms with Gasteiger partial charge in [0.2, 0.25) is 0 Å². The zero-order valence-electron chi connectivity index (χ0n) is 10.1. The van der Waals surface area contributed by atoms with Crippen LogP contribution in [0.5, 0.6) is 0 Å². The Bertz CT molecular complexity index is 506. The van der Waals surface area contributed by atoms with Gasteiger partial charge in [-0.25, -0.2) is 9.97 Å². The minimum Gasteiger partial charge on any atom is -0.481 e. The molecule has 1 fully saturated rings. The first-order chi connectivity index (χ1) is 8.76. The van der Waals surface area contributed by atoms with Gasteiger partial charge in [0.25, 0.3) is 0 Å². The lowest BCUT2D eigenvalue weighted by Crippen LogP contribution is -2.47. The molecular formula is C11H12F3N3O2. The van der Waals surface area contributed by atoms with Crippen molar-refractivity contribution in [3.8, 4) is 0 Å². The summed E-state index contributed by atoms with van der Waals surface area (Å²) < 4.78 is 39.0. The topological polar surface area (TPSA) is 66.3 Å². The highest BCUT2D eigenvalue weighted by Crippen LogP contribution is 2.46. The predicted octanol–water partition coefficient (Wildman–Crippen LogP) is 1.63. The molecule has 0 saturated carbocycles. The summed E-state index contributed by atoms with van der Waals surface area (Å²) in [4.78, 5) is 20.2. The van der Waals surface area contributed by atoms with Crippen LogP contribution < -0.4 is 4.90 Å². The van der Waals surface area contributed by atoms with E-state index >= 15 is 0 Å². The van der Waals surface area contributed by atoms with Crippen molar-refractivity contribution in [2.45, 2.75) is 19.5 Å². The summed E-state index contributed by atoms with van der Waals surface area (Å²) in [5, 5.41) is 8.94. The van der Waals surface area contributed by atoms with E-state index in [0.29, 0.717) is 11.6 Å². The van der Waals surface area contributed by atoms with E-state index in [-0.39, 0.29) is 6.54 Å². The lowest BCUT2D eigenvalue weighted by atomic mass is 9.86. The van der Waals surface area contributed by atoms with Crippen LogP contribution in [0.3, 0.4) is 0 Å². The fraction of sp³-hybridized carbons (Fsp3) is 0.545. The summed E-state index contributed by atoms with van der Waals surface area (Å²) in [5.41, 5.74) is -2.72. The number of carboxylic acid groups (broad SMARTS) is 1. The maximum Gasteiger partial charge on any atom is 0.406 e. The molecule has 5 nitrogen and oxygen atoms in total. The molecule has 1 aliphatic heterocycles. The van der Waals surface area contributed by atoms with Crippen LogP contribution >= 0.6 is 0 Å². The van der Waals surface area contributed by atoms with E-state index in [2.05, 4.69) is 9.97 Å². The van der Waals surface area contributed by atoms with Crippen LogP contribution in [0, 0.1) is 12.3 Å². The van der Waals surface area contributed by atoms with E-state index in [4.69, 9.17) is 5.11 Å². The van der Waals surface area contributed by atoms with Crippen LogP contribution in [0.4, 0.5) is 19.0 Å². The van der Waals surface area contributed by atoms with Crippen molar-refractivity contribution >= 4 is 11.8 Å². The third kappa shape index (κ3) is 2.22. The largest absolute Gasteiger partial charge is 0.481 e. The Kier molecular flexibility index (Phi) is 3.11. The SMILES string of the molecule is Cc1nccc(N2CCC(C(=O)O)(C(F)(F)F)C2)n1. The summed E-state index contributed by atoms with van der Waals surface area (Å²) in [5.74, 6) is -1.09. The minimum atomic E-state index is -4.78. The zero-order chi connectivity index (χ0) is 14.3. The number of nitrogens with zero attached hydrogens (tertiary/aromatic N) is 3. The van der Waals surface area contributed by atoms with Gasteiger partial charge in [-0.15, -0.1) is 0 Å². The molecule has 0 amide bonds. The average molecular weight is 275 g/mol. The molecule has 0 bridgehead atoms. The van der Waals surface area contributed by atoms with Crippen molar-refractivity contribution in [3.63, 3.8) is 0 Å². The molecular weight excluding hydrogens is 263 g/mol. The highest BCUT2D eigenvalue weighted by molar-refractivity contribution is 5.77. The molecule has 0 radical (unpaired) electrons. The molecule has 1 unspecified atom stereocenters. The van der Waals surface area contributed by atoms with Gasteiger partial charge in [0.05, 0.1) is 0 Å². The van der Waals surface area contributed by atoms with Gasteiger partial charge < -0.3 is 10.0 Å². The number of hydrogen-bond donors (Lipinski definition) is 1. The normalized spacial score (nSPS) is 23.7. The minimum absolute atomic E-state index is 0.00225. The Morgan fingerprint density at radius 1 is 1.53 bits per heavy atom. The predicted molar refractivity (Wildman–Crippen MR) is 59.7 cm³/mol. The van der Waals surface area contributed by atoms with Crippen LogP contribution in [0.2, 0.25) is 0 Å². The van der Waals surface area contributed by atoms with Crippen molar-refractivity contribution in [1.29, 1.82) is 0 Å². The monoisotopic (exact) mass is 275 g/mol. The maximum absolute atomic E-state index is 13.0. The molecule has 0 spiro atoms. The summed E-state index contributed by atoms with van der Waals surface area (Å²) >= 11 is 0. The molecule has 1 atom stereocenters. The number of anilines is 1. The lowest BCUT2D eigenvalue weighted by molar-refractivity contribution is -0.225. The van der Waals surface area contributed by atoms with Gasteiger partial charge in [0, 0.05) is 19.3 Å². The van der Waals surface area contributed by atoms with Crippen molar-refractivity contribution in [1.82, 2.24) is 9.97 Å². The molecule has 2 rings (SSSR count). The molecule has 1 N–H and O–H groups in total. The van der Waals surface area contributed by atoms with Crippen molar-refractivity contribution in [2.75, 3.05) is 18.0 Å². The second kappa shape index (κ2) is 4.36. The van der Waals surface area contributed by atoms with Gasteiger partial charge in [-0.2, -0.15) is 13.2 Å². The Hall–Kier alpha value is -1.86. The van der Waals surface area contributed by atoms with Gasteiger partial charge in [0.1, 0.15) is 11.6 Å². The molecule has 2 heterocycles. The Morgan fingerprint density at radius 2 is 2.21 bits per heavy atom. The van der Waals surface area contributed by atoms with Crippen molar-refractivity contribution < 1.29 is 23.1 Å². The number of carbonyl (C=O) groups is 1. The summed E-state index contributed by atoms with van der Waals surface area (Å²) in [6, 6.07) is 1.47. The van der Waals surface area contributed by atoms with Crippen LogP contribution in [0.1, 0.15) is 12.2 Å². The number of alkyl halides is 3. The van der Waals surface area contributed by atoms with Gasteiger partial charge in [0.15, 0.2) is 5.41 Å². The molecule has 19 heavy (non-hydrogen) atoms. The highest BCUT2D eigenvalue weighted by Gasteiger charge is 2.63. The quantitative estimate of drug-likeness (QED) is 0.888. The molecule has 0 aromatic carbocycles. The molecule has 0 aliphatic carbocycles. The smallest absolute Gasteiger partial charge is 0.406 e. The summed E-state index contributed by atoms with van der Waals surface area (Å²) in [7, 11) is 0. The molecule has 1 aliphatic rings. The third-order valence-electron chi connectivity index (χ3n) is 3.31. The number of aromatic nitrogens is 2. The van der Waals surface area contributed by atoms with E-state index in [1.807, 2.05) is 0 Å². The number of hydrogen-bond acceptors (Lipinski definition) is 4. The van der Waals surface area contributed by atoms with E-state index in [1.165, 1.54) is 17.2 Å². The first kappa shape index (κ1) is 13.6. The Morgan fingerprint density at radius 3 is 2.68 bits per heavy atom. The van der Waals surface area contributed by atoms with Gasteiger partial charge in [-0.1, -0.05) is 0 Å². The van der Waals surface area contributed by atoms with Crippen molar-refractivity contribution in [3.05, 3.63) is 18.1 Å². The van der Waals surface area contributed by atoms with Crippen LogP contribution in [0.25, 0.3) is 0 Å². The van der Waals surface area contributed by atoms with E-state index in [9.17, 15) is 18.0 Å². The number of aliphatic carboxylic acids is 1. The second-order valence-electron chi connectivity index (χ2n) is 4.52. The Balaban J connectivity index is 2.30. The highest BCUT2D eigenvalue weighted by atomic mass is 19.4. The van der Waals surface area contributed by atoms with Gasteiger partial charge >= 0.3 is 12.1 Å². The first-order valence-corrected chi connectivity index (χ1v) is 5.61. The van der Waals surface area contributed by atoms with Gasteiger partial charge in [-0.3, -0.25) is 4.79 Å². The average Bonchev–Trinajstić information content (AvgIpc) is 2.74. The van der Waals surface area contributed by atoms with E-state index < -0.39 is 30.5 Å². The van der Waals surface area contributed by atoms with E-state index in [1.54, 1.807) is 6.92 Å². The number of carboxylic acids is 1. The molecule has 8 heteroatoms. The fourth-order valence-electron chi connectivity index (χ4n) is 2.15. The van der Waals surface area contributed by atoms with Crippen LogP contribution in [-0.4, -0.2) is 40.3 Å².